The third-order valence-electron chi connectivity index (χ3n) is 5.11. The van der Waals surface area contributed by atoms with E-state index >= 15 is 0 Å². The van der Waals surface area contributed by atoms with Gasteiger partial charge in [0.05, 0.1) is 19.2 Å². The van der Waals surface area contributed by atoms with Gasteiger partial charge in [-0.25, -0.2) is 0 Å². The van der Waals surface area contributed by atoms with Gasteiger partial charge < -0.3 is 9.26 Å². The summed E-state index contributed by atoms with van der Waals surface area (Å²) in [7, 11) is 1.59. The van der Waals surface area contributed by atoms with Crippen LogP contribution in [0.25, 0.3) is 11.4 Å². The molecule has 2 aromatic rings. The Balaban J connectivity index is 1.53. The minimum absolute atomic E-state index is 0.107. The van der Waals surface area contributed by atoms with Crippen molar-refractivity contribution in [1.82, 2.24) is 10.1 Å². The number of nitrogens with zero attached hydrogens (tertiary/aromatic N) is 3. The number of benzene rings is 1. The zero-order chi connectivity index (χ0) is 18.1. The molecule has 0 bridgehead atoms. The van der Waals surface area contributed by atoms with Gasteiger partial charge in [-0.2, -0.15) is 4.98 Å². The van der Waals surface area contributed by atoms with Gasteiger partial charge in [0.1, 0.15) is 5.76 Å². The Labute approximate surface area is 152 Å². The number of ether oxygens (including phenoxy) is 1. The average molecular weight is 351 g/mol. The van der Waals surface area contributed by atoms with Crippen LogP contribution in [0.4, 0.5) is 0 Å². The topological polar surface area (TPSA) is 77.6 Å². The van der Waals surface area contributed by atoms with E-state index in [2.05, 4.69) is 27.3 Å². The van der Waals surface area contributed by atoms with E-state index in [1.54, 1.807) is 13.3 Å². The molecule has 0 unspecified atom stereocenters. The summed E-state index contributed by atoms with van der Waals surface area (Å²) in [5.41, 5.74) is 4.10. The maximum Gasteiger partial charge on any atom is 0.226 e. The summed E-state index contributed by atoms with van der Waals surface area (Å²) < 4.78 is 10.5. The Morgan fingerprint density at radius 3 is 3.04 bits per heavy atom. The maximum atomic E-state index is 12.6. The molecule has 134 valence electrons. The zero-order valence-electron chi connectivity index (χ0n) is 15.0. The normalized spacial score (nSPS) is 18.5. The molecule has 0 spiro atoms. The first-order valence-corrected chi connectivity index (χ1v) is 8.95. The Hall–Kier alpha value is -2.76. The maximum absolute atomic E-state index is 12.6. The van der Waals surface area contributed by atoms with Crippen molar-refractivity contribution < 1.29 is 14.1 Å². The Kier molecular flexibility index (Phi) is 4.41. The summed E-state index contributed by atoms with van der Waals surface area (Å²) in [6, 6.07) is 6.25. The number of carbonyl (C=O) groups is 1. The smallest absolute Gasteiger partial charge is 0.226 e. The fourth-order valence-electron chi connectivity index (χ4n) is 3.69. The van der Waals surface area contributed by atoms with Crippen LogP contribution in [-0.4, -0.2) is 35.8 Å². The third-order valence-corrected chi connectivity index (χ3v) is 5.11. The van der Waals surface area contributed by atoms with Gasteiger partial charge in [-0.1, -0.05) is 24.2 Å². The molecule has 0 amide bonds. The molecule has 1 aliphatic carbocycles. The quantitative estimate of drug-likeness (QED) is 0.798. The van der Waals surface area contributed by atoms with E-state index in [0.29, 0.717) is 36.0 Å². The predicted octanol–water partition coefficient (Wildman–Crippen LogP) is 3.27. The van der Waals surface area contributed by atoms with Crippen LogP contribution in [-0.2, 0) is 22.4 Å². The number of aliphatic imine (C=N–C) groups is 1. The molecule has 4 rings (SSSR count). The first-order chi connectivity index (χ1) is 12.7. The number of carbonyl (C=O) groups excluding carboxylic acids is 1. The van der Waals surface area contributed by atoms with E-state index in [0.717, 1.165) is 24.8 Å². The third kappa shape index (κ3) is 2.96. The van der Waals surface area contributed by atoms with Crippen molar-refractivity contribution in [3.8, 4) is 11.4 Å². The van der Waals surface area contributed by atoms with Gasteiger partial charge in [0.25, 0.3) is 0 Å². The van der Waals surface area contributed by atoms with Gasteiger partial charge in [0.15, 0.2) is 5.78 Å². The van der Waals surface area contributed by atoms with Gasteiger partial charge >= 0.3 is 0 Å². The molecule has 1 aromatic heterocycles. The number of hydrogen-bond acceptors (Lipinski definition) is 6. The number of ketones is 1. The average Bonchev–Trinajstić information content (AvgIpc) is 3.40. The van der Waals surface area contributed by atoms with Crippen molar-refractivity contribution in [2.45, 2.75) is 38.5 Å². The monoisotopic (exact) mass is 351 g/mol. The van der Waals surface area contributed by atoms with Crippen LogP contribution in [0.5, 0.6) is 0 Å². The van der Waals surface area contributed by atoms with Crippen LogP contribution in [0.15, 0.2) is 39.0 Å². The molecule has 26 heavy (non-hydrogen) atoms. The molecular weight excluding hydrogens is 330 g/mol. The summed E-state index contributed by atoms with van der Waals surface area (Å²) >= 11 is 0. The zero-order valence-corrected chi connectivity index (χ0v) is 15.0. The number of aromatic nitrogens is 2. The first kappa shape index (κ1) is 16.7. The van der Waals surface area contributed by atoms with E-state index < -0.39 is 0 Å². The summed E-state index contributed by atoms with van der Waals surface area (Å²) in [6.45, 7) is 2.45. The molecule has 2 aliphatic rings. The van der Waals surface area contributed by atoms with Crippen molar-refractivity contribution in [3.05, 3.63) is 46.5 Å². The largest absolute Gasteiger partial charge is 0.498 e. The molecule has 0 fully saturated rings. The van der Waals surface area contributed by atoms with Crippen LogP contribution in [0.1, 0.15) is 42.7 Å². The fraction of sp³-hybridized carbons (Fsp3) is 0.400. The molecule has 0 saturated heterocycles. The number of hydrogen-bond donors (Lipinski definition) is 0. The second-order valence-corrected chi connectivity index (χ2v) is 6.65. The van der Waals surface area contributed by atoms with Gasteiger partial charge in [-0.15, -0.1) is 0 Å². The highest BCUT2D eigenvalue weighted by Crippen LogP contribution is 2.38. The fourth-order valence-corrected chi connectivity index (χ4v) is 3.69. The molecule has 2 heterocycles. The molecule has 0 saturated carbocycles. The lowest BCUT2D eigenvalue weighted by Gasteiger charge is -2.12. The summed E-state index contributed by atoms with van der Waals surface area (Å²) in [5, 5.41) is 4.05. The number of allylic oxidation sites excluding steroid dienone is 1. The second-order valence-electron chi connectivity index (χ2n) is 6.65. The SMILES string of the molecule is CCc1nc(-c2ccc3c(c2)CC[C@H]3CC(=O)C2=C(OC)CN=C2)no1. The predicted molar refractivity (Wildman–Crippen MR) is 97.2 cm³/mol. The van der Waals surface area contributed by atoms with Crippen LogP contribution in [0, 0.1) is 0 Å². The minimum atomic E-state index is 0.107. The standard InChI is InChI=1S/C20H21N3O3/c1-3-19-22-20(23-26-19)14-6-7-15-12(8-14)4-5-13(15)9-17(24)16-10-21-11-18(16)25-2/h6-8,10,13H,3-5,9,11H2,1-2H3/t13-/m0/s1. The first-order valence-electron chi connectivity index (χ1n) is 8.95. The highest BCUT2D eigenvalue weighted by atomic mass is 16.5. The molecule has 0 N–H and O–H groups in total. The van der Waals surface area contributed by atoms with Gasteiger partial charge in [0, 0.05) is 24.6 Å². The summed E-state index contributed by atoms with van der Waals surface area (Å²) in [5.74, 6) is 2.29. The lowest BCUT2D eigenvalue weighted by atomic mass is 9.92. The van der Waals surface area contributed by atoms with Crippen molar-refractivity contribution in [3.63, 3.8) is 0 Å². The van der Waals surface area contributed by atoms with Crippen molar-refractivity contribution >= 4 is 12.0 Å². The molecule has 1 atom stereocenters. The Bertz CT molecular complexity index is 911. The number of Topliss-reactive ketones (excluding diaryl/α,β-unsaturated/α-hetero) is 1. The number of methoxy groups -OCH3 is 1. The van der Waals surface area contributed by atoms with E-state index in [1.807, 2.05) is 13.0 Å². The van der Waals surface area contributed by atoms with Crippen LogP contribution < -0.4 is 0 Å². The van der Waals surface area contributed by atoms with Crippen molar-refractivity contribution in [1.29, 1.82) is 0 Å². The number of aryl methyl sites for hydroxylation is 2. The van der Waals surface area contributed by atoms with Gasteiger partial charge in [-0.05, 0) is 36.0 Å². The lowest BCUT2D eigenvalue weighted by Crippen LogP contribution is -2.10. The van der Waals surface area contributed by atoms with E-state index in [1.165, 1.54) is 11.1 Å². The summed E-state index contributed by atoms with van der Waals surface area (Å²) in [4.78, 5) is 21.2. The second kappa shape index (κ2) is 6.86. The number of rotatable bonds is 6. The highest BCUT2D eigenvalue weighted by molar-refractivity contribution is 6.15. The van der Waals surface area contributed by atoms with Crippen LogP contribution in [0.2, 0.25) is 0 Å². The highest BCUT2D eigenvalue weighted by Gasteiger charge is 2.28. The van der Waals surface area contributed by atoms with E-state index in [-0.39, 0.29) is 11.7 Å². The molecule has 6 nitrogen and oxygen atoms in total. The molecule has 0 radical (unpaired) electrons. The molecule has 1 aliphatic heterocycles. The van der Waals surface area contributed by atoms with Crippen molar-refractivity contribution in [2.24, 2.45) is 4.99 Å². The van der Waals surface area contributed by atoms with Gasteiger partial charge in [-0.3, -0.25) is 9.79 Å². The molecule has 6 heteroatoms. The molecular formula is C20H21N3O3. The van der Waals surface area contributed by atoms with Crippen LogP contribution >= 0.6 is 0 Å². The van der Waals surface area contributed by atoms with Gasteiger partial charge in [0.2, 0.25) is 11.7 Å². The summed E-state index contributed by atoms with van der Waals surface area (Å²) in [6.07, 6.45) is 4.79. The van der Waals surface area contributed by atoms with E-state index in [9.17, 15) is 4.79 Å². The van der Waals surface area contributed by atoms with Crippen molar-refractivity contribution in [2.75, 3.05) is 13.7 Å². The minimum Gasteiger partial charge on any atom is -0.498 e. The Morgan fingerprint density at radius 2 is 2.27 bits per heavy atom. The van der Waals surface area contributed by atoms with E-state index in [4.69, 9.17) is 9.26 Å². The lowest BCUT2D eigenvalue weighted by molar-refractivity contribution is -0.115. The number of fused-ring (bicyclic) bond motifs is 1. The molecule has 1 aromatic carbocycles. The van der Waals surface area contributed by atoms with Crippen LogP contribution in [0.3, 0.4) is 0 Å². The Morgan fingerprint density at radius 1 is 1.38 bits per heavy atom.